The maximum absolute atomic E-state index is 4.49. The third kappa shape index (κ3) is 2.24. The van der Waals surface area contributed by atoms with Crippen molar-refractivity contribution in [1.29, 1.82) is 0 Å². The monoisotopic (exact) mass is 315 g/mol. The zero-order valence-corrected chi connectivity index (χ0v) is 12.4. The molecule has 0 aliphatic heterocycles. The van der Waals surface area contributed by atoms with Crippen LogP contribution in [0.4, 0.5) is 5.69 Å². The molecule has 4 heteroatoms. The molecule has 0 saturated carbocycles. The smallest absolute Gasteiger partial charge is 0.100 e. The molecule has 0 aliphatic carbocycles. The van der Waals surface area contributed by atoms with Gasteiger partial charge >= 0.3 is 0 Å². The molecule has 2 aromatic carbocycles. The molecule has 0 aliphatic rings. The Labute approximate surface area is 120 Å². The van der Waals surface area contributed by atoms with Crippen LogP contribution < -0.4 is 4.90 Å². The molecule has 0 radical (unpaired) electrons. The summed E-state index contributed by atoms with van der Waals surface area (Å²) in [6, 6.07) is 14.5. The second-order valence-corrected chi connectivity index (χ2v) is 5.58. The molecule has 96 valence electrons. The Morgan fingerprint density at radius 1 is 1.11 bits per heavy atom. The normalized spacial score (nSPS) is 10.9. The topological polar surface area (TPSA) is 21.1 Å². The molecule has 3 aromatic rings. The zero-order chi connectivity index (χ0) is 13.4. The number of anilines is 1. The standard InChI is InChI=1S/C15H14BrN3/c1-18(2)12-6-7-15-14(9-12)17-10-19(15)13-5-3-4-11(16)8-13/h3-10H,1-2H3. The van der Waals surface area contributed by atoms with Gasteiger partial charge in [-0.2, -0.15) is 0 Å². The van der Waals surface area contributed by atoms with E-state index < -0.39 is 0 Å². The highest BCUT2D eigenvalue weighted by atomic mass is 79.9. The van der Waals surface area contributed by atoms with E-state index >= 15 is 0 Å². The Morgan fingerprint density at radius 3 is 2.68 bits per heavy atom. The van der Waals surface area contributed by atoms with Gasteiger partial charge in [0.05, 0.1) is 11.0 Å². The summed E-state index contributed by atoms with van der Waals surface area (Å²) in [7, 11) is 4.07. The lowest BCUT2D eigenvalue weighted by atomic mass is 10.2. The Bertz CT molecular complexity index is 731. The highest BCUT2D eigenvalue weighted by Gasteiger charge is 2.06. The number of hydrogen-bond donors (Lipinski definition) is 0. The molecule has 1 heterocycles. The van der Waals surface area contributed by atoms with Crippen LogP contribution in [0.25, 0.3) is 16.7 Å². The van der Waals surface area contributed by atoms with Crippen LogP contribution in [-0.2, 0) is 0 Å². The Kier molecular flexibility index (Phi) is 3.03. The minimum atomic E-state index is 1.01. The van der Waals surface area contributed by atoms with Gasteiger partial charge in [0.25, 0.3) is 0 Å². The maximum atomic E-state index is 4.49. The quantitative estimate of drug-likeness (QED) is 0.716. The molecule has 3 nitrogen and oxygen atoms in total. The van der Waals surface area contributed by atoms with E-state index in [0.717, 1.165) is 26.9 Å². The largest absolute Gasteiger partial charge is 0.378 e. The van der Waals surface area contributed by atoms with Gasteiger partial charge in [-0.15, -0.1) is 0 Å². The van der Waals surface area contributed by atoms with Crippen molar-refractivity contribution in [1.82, 2.24) is 9.55 Å². The van der Waals surface area contributed by atoms with E-state index in [4.69, 9.17) is 0 Å². The maximum Gasteiger partial charge on any atom is 0.100 e. The predicted molar refractivity (Wildman–Crippen MR) is 83.1 cm³/mol. The van der Waals surface area contributed by atoms with Crippen molar-refractivity contribution in [3.8, 4) is 5.69 Å². The number of fused-ring (bicyclic) bond motifs is 1. The van der Waals surface area contributed by atoms with Crippen LogP contribution in [0.15, 0.2) is 53.3 Å². The summed E-state index contributed by atoms with van der Waals surface area (Å²) in [6.45, 7) is 0. The van der Waals surface area contributed by atoms with Gasteiger partial charge in [-0.25, -0.2) is 4.98 Å². The predicted octanol–water partition coefficient (Wildman–Crippen LogP) is 3.85. The average molecular weight is 316 g/mol. The molecular formula is C15H14BrN3. The number of aromatic nitrogens is 2. The van der Waals surface area contributed by atoms with Crippen LogP contribution in [0.3, 0.4) is 0 Å². The third-order valence-corrected chi connectivity index (χ3v) is 3.63. The van der Waals surface area contributed by atoms with Crippen molar-refractivity contribution in [2.75, 3.05) is 19.0 Å². The molecule has 0 unspecified atom stereocenters. The first kappa shape index (κ1) is 12.2. The number of imidazole rings is 1. The van der Waals surface area contributed by atoms with Crippen LogP contribution in [0.5, 0.6) is 0 Å². The van der Waals surface area contributed by atoms with Crippen LogP contribution in [0.1, 0.15) is 0 Å². The minimum absolute atomic E-state index is 1.01. The fourth-order valence-corrected chi connectivity index (χ4v) is 2.50. The molecule has 0 N–H and O–H groups in total. The molecule has 0 fully saturated rings. The van der Waals surface area contributed by atoms with Gasteiger partial charge in [0.15, 0.2) is 0 Å². The number of benzene rings is 2. The van der Waals surface area contributed by atoms with Gasteiger partial charge in [0.2, 0.25) is 0 Å². The van der Waals surface area contributed by atoms with E-state index in [2.05, 4.69) is 60.7 Å². The van der Waals surface area contributed by atoms with Gasteiger partial charge in [-0.05, 0) is 36.4 Å². The number of halogens is 1. The van der Waals surface area contributed by atoms with Crippen molar-refractivity contribution in [2.24, 2.45) is 0 Å². The Morgan fingerprint density at radius 2 is 1.95 bits per heavy atom. The van der Waals surface area contributed by atoms with E-state index in [1.807, 2.05) is 32.6 Å². The summed E-state index contributed by atoms with van der Waals surface area (Å²) in [4.78, 5) is 6.57. The first-order valence-corrected chi connectivity index (χ1v) is 6.85. The van der Waals surface area contributed by atoms with E-state index in [1.54, 1.807) is 0 Å². The third-order valence-electron chi connectivity index (χ3n) is 3.13. The van der Waals surface area contributed by atoms with Crippen LogP contribution >= 0.6 is 15.9 Å². The lowest BCUT2D eigenvalue weighted by Gasteiger charge is -2.12. The first-order valence-electron chi connectivity index (χ1n) is 6.05. The summed E-state index contributed by atoms with van der Waals surface area (Å²) in [6.07, 6.45) is 1.87. The fraction of sp³-hybridized carbons (Fsp3) is 0.133. The van der Waals surface area contributed by atoms with Crippen molar-refractivity contribution < 1.29 is 0 Å². The van der Waals surface area contributed by atoms with Gasteiger partial charge in [0.1, 0.15) is 6.33 Å². The fourth-order valence-electron chi connectivity index (χ4n) is 2.11. The Hall–Kier alpha value is -1.81. The minimum Gasteiger partial charge on any atom is -0.378 e. The molecule has 19 heavy (non-hydrogen) atoms. The van der Waals surface area contributed by atoms with Crippen LogP contribution in [0.2, 0.25) is 0 Å². The van der Waals surface area contributed by atoms with Crippen molar-refractivity contribution >= 4 is 32.7 Å². The molecule has 0 amide bonds. The molecule has 0 spiro atoms. The summed E-state index contributed by atoms with van der Waals surface area (Å²) in [5.74, 6) is 0. The van der Waals surface area contributed by atoms with Crippen molar-refractivity contribution in [3.05, 3.63) is 53.3 Å². The zero-order valence-electron chi connectivity index (χ0n) is 10.8. The second-order valence-electron chi connectivity index (χ2n) is 4.66. The summed E-state index contributed by atoms with van der Waals surface area (Å²) in [5.41, 5.74) is 4.39. The number of nitrogens with zero attached hydrogens (tertiary/aromatic N) is 3. The van der Waals surface area contributed by atoms with E-state index in [1.165, 1.54) is 0 Å². The molecule has 0 atom stereocenters. The van der Waals surface area contributed by atoms with Crippen LogP contribution in [0, 0.1) is 0 Å². The number of hydrogen-bond acceptors (Lipinski definition) is 2. The highest BCUT2D eigenvalue weighted by Crippen LogP contribution is 2.24. The van der Waals surface area contributed by atoms with Crippen molar-refractivity contribution in [3.63, 3.8) is 0 Å². The Balaban J connectivity index is 2.16. The summed E-state index contributed by atoms with van der Waals surface area (Å²) in [5, 5.41) is 0. The highest BCUT2D eigenvalue weighted by molar-refractivity contribution is 9.10. The van der Waals surface area contributed by atoms with Gasteiger partial charge in [0, 0.05) is 29.9 Å². The first-order chi connectivity index (χ1) is 9.15. The second kappa shape index (κ2) is 4.70. The number of rotatable bonds is 2. The molecule has 1 aromatic heterocycles. The van der Waals surface area contributed by atoms with E-state index in [-0.39, 0.29) is 0 Å². The lowest BCUT2D eigenvalue weighted by Crippen LogP contribution is -2.08. The van der Waals surface area contributed by atoms with E-state index in [9.17, 15) is 0 Å². The van der Waals surface area contributed by atoms with Crippen molar-refractivity contribution in [2.45, 2.75) is 0 Å². The molecule has 0 saturated heterocycles. The van der Waals surface area contributed by atoms with Crippen LogP contribution in [-0.4, -0.2) is 23.6 Å². The summed E-state index contributed by atoms with van der Waals surface area (Å²) >= 11 is 3.50. The average Bonchev–Trinajstić information content (AvgIpc) is 2.81. The molecule has 0 bridgehead atoms. The lowest BCUT2D eigenvalue weighted by molar-refractivity contribution is 1.09. The van der Waals surface area contributed by atoms with Gasteiger partial charge in [-0.1, -0.05) is 22.0 Å². The van der Waals surface area contributed by atoms with Gasteiger partial charge in [-0.3, -0.25) is 4.57 Å². The molecule has 3 rings (SSSR count). The summed E-state index contributed by atoms with van der Waals surface area (Å²) < 4.78 is 3.16. The van der Waals surface area contributed by atoms with E-state index in [0.29, 0.717) is 0 Å². The van der Waals surface area contributed by atoms with Gasteiger partial charge < -0.3 is 4.90 Å². The SMILES string of the molecule is CN(C)c1ccc2c(c1)ncn2-c1cccc(Br)c1. The molecular weight excluding hydrogens is 302 g/mol.